The van der Waals surface area contributed by atoms with Crippen LogP contribution in [0.5, 0.6) is 0 Å². The lowest BCUT2D eigenvalue weighted by atomic mass is 9.89. The molecule has 0 aromatic rings. The van der Waals surface area contributed by atoms with Crippen molar-refractivity contribution >= 4 is 0 Å². The molecule has 0 aliphatic heterocycles. The third-order valence-corrected chi connectivity index (χ3v) is 2.19. The Morgan fingerprint density at radius 3 is 1.92 bits per heavy atom. The minimum absolute atomic E-state index is 0.164. The first-order valence-electron chi connectivity index (χ1n) is 5.26. The highest BCUT2D eigenvalue weighted by Gasteiger charge is 2.20. The van der Waals surface area contributed by atoms with Gasteiger partial charge in [0.05, 0.1) is 5.60 Å². The molecule has 0 amide bonds. The van der Waals surface area contributed by atoms with Gasteiger partial charge in [-0.25, -0.2) is 0 Å². The summed E-state index contributed by atoms with van der Waals surface area (Å²) in [4.78, 5) is 0. The molecule has 0 aromatic heterocycles. The third kappa shape index (κ3) is 5.87. The van der Waals surface area contributed by atoms with Gasteiger partial charge < -0.3 is 5.11 Å². The summed E-state index contributed by atoms with van der Waals surface area (Å²) in [6.45, 7) is 10.6. The van der Waals surface area contributed by atoms with Gasteiger partial charge in [0.1, 0.15) is 0 Å². The first-order valence-corrected chi connectivity index (χ1v) is 5.26. The zero-order valence-corrected chi connectivity index (χ0v) is 9.72. The van der Waals surface area contributed by atoms with E-state index in [4.69, 9.17) is 0 Å². The van der Waals surface area contributed by atoms with E-state index in [9.17, 15) is 5.11 Å². The number of rotatable bonds is 4. The van der Waals surface area contributed by atoms with Crippen molar-refractivity contribution in [3.63, 3.8) is 0 Å². The minimum atomic E-state index is -0.581. The SMILES string of the molecule is CCCC(O)(/C=C/C(C)(C)C)CC. The van der Waals surface area contributed by atoms with Gasteiger partial charge in [-0.3, -0.25) is 0 Å². The van der Waals surface area contributed by atoms with Crippen molar-refractivity contribution in [2.75, 3.05) is 0 Å². The normalized spacial score (nSPS) is 17.7. The Bertz CT molecular complexity index is 164. The second kappa shape index (κ2) is 4.80. The van der Waals surface area contributed by atoms with E-state index in [1.54, 1.807) is 0 Å². The van der Waals surface area contributed by atoms with Crippen LogP contribution in [0.15, 0.2) is 12.2 Å². The summed E-state index contributed by atoms with van der Waals surface area (Å²) in [5.74, 6) is 0. The van der Waals surface area contributed by atoms with Gasteiger partial charge in [0.25, 0.3) is 0 Å². The van der Waals surface area contributed by atoms with Crippen molar-refractivity contribution < 1.29 is 5.11 Å². The van der Waals surface area contributed by atoms with Gasteiger partial charge in [-0.15, -0.1) is 0 Å². The lowest BCUT2D eigenvalue weighted by molar-refractivity contribution is 0.0756. The van der Waals surface area contributed by atoms with Crippen LogP contribution in [0.3, 0.4) is 0 Å². The van der Waals surface area contributed by atoms with E-state index in [0.29, 0.717) is 0 Å². The molecule has 13 heavy (non-hydrogen) atoms. The fourth-order valence-corrected chi connectivity index (χ4v) is 1.22. The summed E-state index contributed by atoms with van der Waals surface area (Å²) in [6, 6.07) is 0. The average Bonchev–Trinajstić information content (AvgIpc) is 2.01. The van der Waals surface area contributed by atoms with Crippen LogP contribution in [-0.4, -0.2) is 10.7 Å². The average molecular weight is 184 g/mol. The van der Waals surface area contributed by atoms with E-state index in [1.165, 1.54) is 0 Å². The number of hydrogen-bond acceptors (Lipinski definition) is 1. The molecule has 1 heteroatoms. The van der Waals surface area contributed by atoms with Gasteiger partial charge in [-0.1, -0.05) is 53.2 Å². The van der Waals surface area contributed by atoms with E-state index in [-0.39, 0.29) is 5.41 Å². The quantitative estimate of drug-likeness (QED) is 0.663. The smallest absolute Gasteiger partial charge is 0.0825 e. The van der Waals surface area contributed by atoms with Crippen LogP contribution in [0, 0.1) is 5.41 Å². The van der Waals surface area contributed by atoms with Crippen LogP contribution in [0.2, 0.25) is 0 Å². The molecule has 1 unspecified atom stereocenters. The molecule has 1 atom stereocenters. The van der Waals surface area contributed by atoms with E-state index in [2.05, 4.69) is 33.8 Å². The molecule has 0 aliphatic carbocycles. The predicted molar refractivity (Wildman–Crippen MR) is 58.7 cm³/mol. The van der Waals surface area contributed by atoms with Crippen LogP contribution in [0.1, 0.15) is 53.9 Å². The molecule has 1 N–H and O–H groups in total. The monoisotopic (exact) mass is 184 g/mol. The predicted octanol–water partition coefficient (Wildman–Crippen LogP) is 3.53. The highest BCUT2D eigenvalue weighted by Crippen LogP contribution is 2.23. The van der Waals surface area contributed by atoms with Crippen molar-refractivity contribution in [2.45, 2.75) is 59.5 Å². The Labute approximate surface area is 82.9 Å². The Morgan fingerprint density at radius 1 is 1.08 bits per heavy atom. The van der Waals surface area contributed by atoms with E-state index >= 15 is 0 Å². The minimum Gasteiger partial charge on any atom is -0.386 e. The van der Waals surface area contributed by atoms with Crippen molar-refractivity contribution in [2.24, 2.45) is 5.41 Å². The molecule has 0 heterocycles. The summed E-state index contributed by atoms with van der Waals surface area (Å²) < 4.78 is 0. The topological polar surface area (TPSA) is 20.2 Å². The van der Waals surface area contributed by atoms with Gasteiger partial charge in [0.2, 0.25) is 0 Å². The van der Waals surface area contributed by atoms with Crippen LogP contribution in [0.4, 0.5) is 0 Å². The highest BCUT2D eigenvalue weighted by molar-refractivity contribution is 5.04. The molecule has 0 saturated carbocycles. The fraction of sp³-hybridized carbons (Fsp3) is 0.833. The summed E-state index contributed by atoms with van der Waals surface area (Å²) in [5.41, 5.74) is -0.418. The summed E-state index contributed by atoms with van der Waals surface area (Å²) in [6.07, 6.45) is 6.75. The Hall–Kier alpha value is -0.300. The van der Waals surface area contributed by atoms with E-state index < -0.39 is 5.60 Å². The standard InChI is InChI=1S/C12H24O/c1-6-8-12(13,7-2)10-9-11(3,4)5/h9-10,13H,6-8H2,1-5H3/b10-9+. The van der Waals surface area contributed by atoms with Gasteiger partial charge >= 0.3 is 0 Å². The lowest BCUT2D eigenvalue weighted by Crippen LogP contribution is -2.24. The molecule has 0 radical (unpaired) electrons. The van der Waals surface area contributed by atoms with E-state index in [1.807, 2.05) is 13.0 Å². The first-order chi connectivity index (χ1) is 5.83. The van der Waals surface area contributed by atoms with Crippen molar-refractivity contribution in [3.05, 3.63) is 12.2 Å². The number of hydrogen-bond donors (Lipinski definition) is 1. The van der Waals surface area contributed by atoms with Crippen LogP contribution < -0.4 is 0 Å². The fourth-order valence-electron chi connectivity index (χ4n) is 1.22. The van der Waals surface area contributed by atoms with Gasteiger partial charge in [0, 0.05) is 0 Å². The number of allylic oxidation sites excluding steroid dienone is 1. The van der Waals surface area contributed by atoms with Gasteiger partial charge in [-0.2, -0.15) is 0 Å². The second-order valence-electron chi connectivity index (χ2n) is 4.91. The summed E-state index contributed by atoms with van der Waals surface area (Å²) in [5, 5.41) is 10.1. The van der Waals surface area contributed by atoms with Crippen molar-refractivity contribution in [3.8, 4) is 0 Å². The Balaban J connectivity index is 4.34. The number of aliphatic hydroxyl groups is 1. The zero-order valence-electron chi connectivity index (χ0n) is 9.72. The lowest BCUT2D eigenvalue weighted by Gasteiger charge is -2.24. The molecule has 0 aliphatic rings. The molecule has 0 rings (SSSR count). The molecule has 0 aromatic carbocycles. The molecule has 1 nitrogen and oxygen atoms in total. The highest BCUT2D eigenvalue weighted by atomic mass is 16.3. The molecule has 0 bridgehead atoms. The Kier molecular flexibility index (Phi) is 4.69. The maximum absolute atomic E-state index is 10.1. The molecule has 78 valence electrons. The van der Waals surface area contributed by atoms with Crippen molar-refractivity contribution in [1.29, 1.82) is 0 Å². The maximum atomic E-state index is 10.1. The molecular formula is C12H24O. The van der Waals surface area contributed by atoms with Gasteiger partial charge in [-0.05, 0) is 18.3 Å². The zero-order chi connectivity index (χ0) is 10.5. The molecular weight excluding hydrogens is 160 g/mol. The maximum Gasteiger partial charge on any atom is 0.0825 e. The Morgan fingerprint density at radius 2 is 1.62 bits per heavy atom. The molecule has 0 spiro atoms. The van der Waals surface area contributed by atoms with Crippen LogP contribution in [-0.2, 0) is 0 Å². The second-order valence-corrected chi connectivity index (χ2v) is 4.91. The van der Waals surface area contributed by atoms with Crippen molar-refractivity contribution in [1.82, 2.24) is 0 Å². The molecule has 0 fully saturated rings. The van der Waals surface area contributed by atoms with Gasteiger partial charge in [0.15, 0.2) is 0 Å². The summed E-state index contributed by atoms with van der Waals surface area (Å²) >= 11 is 0. The summed E-state index contributed by atoms with van der Waals surface area (Å²) in [7, 11) is 0. The van der Waals surface area contributed by atoms with Crippen LogP contribution >= 0.6 is 0 Å². The van der Waals surface area contributed by atoms with Crippen LogP contribution in [0.25, 0.3) is 0 Å². The molecule has 0 saturated heterocycles. The van der Waals surface area contributed by atoms with E-state index in [0.717, 1.165) is 19.3 Å². The third-order valence-electron chi connectivity index (χ3n) is 2.19. The largest absolute Gasteiger partial charge is 0.386 e. The first kappa shape index (κ1) is 12.7.